The van der Waals surface area contributed by atoms with E-state index in [0.29, 0.717) is 0 Å². The Morgan fingerprint density at radius 2 is 0.568 bits per heavy atom. The van der Waals surface area contributed by atoms with Gasteiger partial charge in [-0.15, -0.1) is 0 Å². The van der Waals surface area contributed by atoms with Crippen LogP contribution in [0.4, 0.5) is 51.2 Å². The molecule has 0 atom stereocenters. The molecule has 0 spiro atoms. The lowest BCUT2D eigenvalue weighted by atomic mass is 9.62. The molecular weight excluding hydrogens is 1060 g/mol. The zero-order valence-corrected chi connectivity index (χ0v) is 50.5. The van der Waals surface area contributed by atoms with Crippen LogP contribution in [0.5, 0.6) is 0 Å². The van der Waals surface area contributed by atoms with Gasteiger partial charge in [0.05, 0.1) is 16.8 Å². The second-order valence-corrected chi connectivity index (χ2v) is 24.6. The molecule has 0 radical (unpaired) electrons. The van der Waals surface area contributed by atoms with Crippen LogP contribution in [0.2, 0.25) is 0 Å². The van der Waals surface area contributed by atoms with Gasteiger partial charge in [0.1, 0.15) is 0 Å². The minimum atomic E-state index is -0.766. The lowest BCUT2D eigenvalue weighted by molar-refractivity contribution is 0.730. The van der Waals surface area contributed by atoms with Gasteiger partial charge in [-0.3, -0.25) is 0 Å². The van der Waals surface area contributed by atoms with Gasteiger partial charge in [-0.2, -0.15) is 0 Å². The highest BCUT2D eigenvalue weighted by molar-refractivity contribution is 6.27. The highest BCUT2D eigenvalue weighted by atomic mass is 15.2. The fraction of sp³-hybridized carbons (Fsp3) is 0.0824. The summed E-state index contributed by atoms with van der Waals surface area (Å²) < 4.78 is 0. The molecule has 420 valence electrons. The number of benzene rings is 15. The summed E-state index contributed by atoms with van der Waals surface area (Å²) in [5, 5.41) is 15.1. The number of nitrogens with zero attached hydrogens (tertiary/aromatic N) is 3. The minimum Gasteiger partial charge on any atom is -0.310 e. The molecule has 15 aromatic carbocycles. The van der Waals surface area contributed by atoms with Crippen molar-refractivity contribution in [2.75, 3.05) is 14.7 Å². The van der Waals surface area contributed by atoms with Gasteiger partial charge in [0.15, 0.2) is 0 Å². The van der Waals surface area contributed by atoms with E-state index in [1.54, 1.807) is 0 Å². The van der Waals surface area contributed by atoms with Crippen LogP contribution in [0.15, 0.2) is 285 Å². The van der Waals surface area contributed by atoms with Crippen LogP contribution in [0.3, 0.4) is 0 Å². The van der Waals surface area contributed by atoms with E-state index in [4.69, 9.17) is 0 Å². The first-order chi connectivity index (χ1) is 43.1. The molecule has 0 saturated heterocycles. The summed E-state index contributed by atoms with van der Waals surface area (Å²) in [5.74, 6) is 0. The molecule has 88 heavy (non-hydrogen) atoms. The molecule has 16 rings (SSSR count). The topological polar surface area (TPSA) is 9.72 Å². The summed E-state index contributed by atoms with van der Waals surface area (Å²) in [6.07, 6.45) is 0. The highest BCUT2D eigenvalue weighted by Crippen LogP contribution is 2.59. The van der Waals surface area contributed by atoms with Crippen molar-refractivity contribution in [3.05, 3.63) is 341 Å². The first-order valence-electron chi connectivity index (χ1n) is 30.8. The summed E-state index contributed by atoms with van der Waals surface area (Å²) in [6.45, 7) is 13.2. The van der Waals surface area contributed by atoms with Gasteiger partial charge in [0.25, 0.3) is 0 Å². The summed E-state index contributed by atoms with van der Waals surface area (Å²) in [7, 11) is 0. The molecule has 0 unspecified atom stereocenters. The number of aryl methyl sites for hydroxylation is 6. The van der Waals surface area contributed by atoms with E-state index >= 15 is 0 Å². The predicted molar refractivity (Wildman–Crippen MR) is 376 cm³/mol. The molecule has 3 nitrogen and oxygen atoms in total. The molecule has 1 aliphatic rings. The maximum absolute atomic E-state index is 2.48. The number of fused-ring (bicyclic) bond motifs is 14. The number of anilines is 9. The number of hydrogen-bond acceptors (Lipinski definition) is 3. The lowest BCUT2D eigenvalue weighted by Gasteiger charge is -2.47. The van der Waals surface area contributed by atoms with E-state index in [-0.39, 0.29) is 0 Å². The zero-order chi connectivity index (χ0) is 59.4. The standard InChI is InChI=1S/C85H65N3/c1-54-27-34-64(35-28-54)88-83-26-16-15-25-81(83)85(82-51-55(2)29-44-84(82)88,60-30-36-62(37-31-60)86(67-47-56(3)45-57(4)48-67)65-40-42-77-73-21-9-7-17-69(73)71-19-11-13-23-75(71)79(77)52-65)61-32-38-63(39-33-61)87(68-49-58(5)46-59(6)50-68)66-41-43-78-74-22-10-8-18-70(74)72-20-12-14-24-76(72)80(78)53-66/h7-53H,1-6H3. The molecular formula is C85H65N3. The fourth-order valence-corrected chi connectivity index (χ4v) is 15.0. The SMILES string of the molecule is Cc1ccc(N2c3ccccc3C(c3ccc(N(c4cc(C)cc(C)c4)c4ccc5c6ccccc6c6ccccc6c5c4)cc3)(c3ccc(N(c4cc(C)cc(C)c4)c4ccc5c6ccccc6c6ccccc6c5c4)cc3)c3cc(C)ccc32)cc1. The maximum Gasteiger partial charge on any atom is 0.0742 e. The molecule has 0 aliphatic carbocycles. The highest BCUT2D eigenvalue weighted by Gasteiger charge is 2.47. The first-order valence-corrected chi connectivity index (χ1v) is 30.8. The second kappa shape index (κ2) is 20.8. The molecule has 0 saturated carbocycles. The Labute approximate surface area is 515 Å². The number of para-hydroxylation sites is 1. The summed E-state index contributed by atoms with van der Waals surface area (Å²) >= 11 is 0. The molecule has 0 aromatic heterocycles. The summed E-state index contributed by atoms with van der Waals surface area (Å²) in [6, 6.07) is 108. The maximum atomic E-state index is 2.48. The molecule has 0 amide bonds. The minimum absolute atomic E-state index is 0.766. The van der Waals surface area contributed by atoms with Crippen LogP contribution < -0.4 is 14.7 Å². The van der Waals surface area contributed by atoms with Crippen LogP contribution in [0.25, 0.3) is 64.6 Å². The van der Waals surface area contributed by atoms with Crippen molar-refractivity contribution >= 4 is 116 Å². The van der Waals surface area contributed by atoms with Gasteiger partial charge in [0.2, 0.25) is 0 Å². The van der Waals surface area contributed by atoms with Crippen molar-refractivity contribution in [3.8, 4) is 0 Å². The summed E-state index contributed by atoms with van der Waals surface area (Å²) in [4.78, 5) is 7.40. The van der Waals surface area contributed by atoms with Gasteiger partial charge < -0.3 is 14.7 Å². The van der Waals surface area contributed by atoms with Crippen molar-refractivity contribution in [1.82, 2.24) is 0 Å². The van der Waals surface area contributed by atoms with E-state index < -0.39 is 5.41 Å². The zero-order valence-electron chi connectivity index (χ0n) is 50.5. The van der Waals surface area contributed by atoms with Gasteiger partial charge in [-0.05, 0) is 248 Å². The van der Waals surface area contributed by atoms with Crippen molar-refractivity contribution in [1.29, 1.82) is 0 Å². The van der Waals surface area contributed by atoms with Gasteiger partial charge in [0, 0.05) is 39.8 Å². The van der Waals surface area contributed by atoms with Crippen LogP contribution in [0.1, 0.15) is 55.6 Å². The van der Waals surface area contributed by atoms with Crippen LogP contribution in [-0.2, 0) is 5.41 Å². The predicted octanol–water partition coefficient (Wildman–Crippen LogP) is 23.6. The van der Waals surface area contributed by atoms with Gasteiger partial charge in [-0.25, -0.2) is 0 Å². The summed E-state index contributed by atoms with van der Waals surface area (Å²) in [5.41, 5.74) is 21.4. The molecule has 1 aliphatic heterocycles. The third-order valence-corrected chi connectivity index (χ3v) is 18.7. The van der Waals surface area contributed by atoms with Crippen molar-refractivity contribution < 1.29 is 0 Å². The molecule has 0 bridgehead atoms. The molecule has 3 heteroatoms. The van der Waals surface area contributed by atoms with Gasteiger partial charge >= 0.3 is 0 Å². The Hall–Kier alpha value is -10.7. The van der Waals surface area contributed by atoms with Crippen molar-refractivity contribution in [2.24, 2.45) is 0 Å². The fourth-order valence-electron chi connectivity index (χ4n) is 15.0. The van der Waals surface area contributed by atoms with E-state index in [1.165, 1.54) is 120 Å². The average Bonchev–Trinajstić information content (AvgIpc) is 0.881. The Morgan fingerprint density at radius 3 is 0.989 bits per heavy atom. The van der Waals surface area contributed by atoms with Gasteiger partial charge in [-0.1, -0.05) is 199 Å². The number of hydrogen-bond donors (Lipinski definition) is 0. The third-order valence-electron chi connectivity index (χ3n) is 18.7. The monoisotopic (exact) mass is 1130 g/mol. The lowest BCUT2D eigenvalue weighted by Crippen LogP contribution is -2.38. The van der Waals surface area contributed by atoms with E-state index in [1.807, 2.05) is 0 Å². The third kappa shape index (κ3) is 8.48. The Balaban J connectivity index is 0.915. The van der Waals surface area contributed by atoms with Crippen molar-refractivity contribution in [3.63, 3.8) is 0 Å². The smallest absolute Gasteiger partial charge is 0.0742 e. The van der Waals surface area contributed by atoms with E-state index in [2.05, 4.69) is 341 Å². The van der Waals surface area contributed by atoms with E-state index in [0.717, 1.165) is 51.2 Å². The molecule has 1 heterocycles. The molecule has 0 fully saturated rings. The average molecular weight is 1130 g/mol. The second-order valence-electron chi connectivity index (χ2n) is 24.6. The van der Waals surface area contributed by atoms with E-state index in [9.17, 15) is 0 Å². The Morgan fingerprint density at radius 1 is 0.227 bits per heavy atom. The number of rotatable bonds is 9. The normalized spacial score (nSPS) is 12.7. The first kappa shape index (κ1) is 52.8. The van der Waals surface area contributed by atoms with Crippen LogP contribution >= 0.6 is 0 Å². The van der Waals surface area contributed by atoms with Crippen LogP contribution in [-0.4, -0.2) is 0 Å². The van der Waals surface area contributed by atoms with Crippen LogP contribution in [0, 0.1) is 41.5 Å². The molecule has 0 N–H and O–H groups in total. The Bertz CT molecular complexity index is 4920. The molecule has 15 aromatic rings. The quantitative estimate of drug-likeness (QED) is 0.133. The Kier molecular flexibility index (Phi) is 12.5. The largest absolute Gasteiger partial charge is 0.310 e. The van der Waals surface area contributed by atoms with Crippen molar-refractivity contribution in [2.45, 2.75) is 47.0 Å².